The highest BCUT2D eigenvalue weighted by molar-refractivity contribution is 6.30. The number of rotatable bonds is 7. The Morgan fingerprint density at radius 2 is 2.00 bits per heavy atom. The van der Waals surface area contributed by atoms with Crippen molar-refractivity contribution in [1.82, 2.24) is 29.9 Å². The highest BCUT2D eigenvalue weighted by Crippen LogP contribution is 2.65. The van der Waals surface area contributed by atoms with Gasteiger partial charge in [0.25, 0.3) is 0 Å². The average molecular weight is 457 g/mol. The van der Waals surface area contributed by atoms with Crippen molar-refractivity contribution in [3.05, 3.63) is 54.0 Å². The van der Waals surface area contributed by atoms with Gasteiger partial charge in [-0.05, 0) is 44.2 Å². The van der Waals surface area contributed by atoms with Gasteiger partial charge in [-0.3, -0.25) is 4.79 Å². The molecule has 32 heavy (non-hydrogen) atoms. The summed E-state index contributed by atoms with van der Waals surface area (Å²) in [6.45, 7) is 0.0794. The zero-order valence-corrected chi connectivity index (χ0v) is 18.0. The first-order valence-electron chi connectivity index (χ1n) is 10.7. The number of amides is 1. The van der Waals surface area contributed by atoms with E-state index in [1.807, 2.05) is 6.20 Å². The molecule has 7 rings (SSSR count). The molecule has 3 aromatic rings. The number of carbonyl (C=O) groups is 1. The maximum absolute atomic E-state index is 13.8. The lowest BCUT2D eigenvalue weighted by atomic mass is 9.44. The summed E-state index contributed by atoms with van der Waals surface area (Å²) in [7, 11) is 0. The fourth-order valence-electron chi connectivity index (χ4n) is 5.33. The number of nitrogens with one attached hydrogen (secondary N) is 1. The molecule has 4 saturated carbocycles. The highest BCUT2D eigenvalue weighted by atomic mass is 35.5. The van der Waals surface area contributed by atoms with Crippen molar-refractivity contribution in [2.45, 2.75) is 55.3 Å². The molecule has 1 aromatic carbocycles. The molecule has 2 aromatic heterocycles. The van der Waals surface area contributed by atoms with Crippen molar-refractivity contribution < 1.29 is 13.9 Å². The zero-order valence-electron chi connectivity index (χ0n) is 17.2. The Bertz CT molecular complexity index is 1150. The zero-order chi connectivity index (χ0) is 21.9. The molecule has 4 fully saturated rings. The van der Waals surface area contributed by atoms with Crippen LogP contribution in [0, 0.1) is 5.82 Å². The van der Waals surface area contributed by atoms with Gasteiger partial charge in [0.05, 0.1) is 47.1 Å². The van der Waals surface area contributed by atoms with Crippen molar-refractivity contribution in [1.29, 1.82) is 0 Å². The van der Waals surface area contributed by atoms with Crippen LogP contribution < -0.4 is 5.32 Å². The molecule has 2 heterocycles. The fourth-order valence-corrected chi connectivity index (χ4v) is 5.45. The van der Waals surface area contributed by atoms with E-state index in [-0.39, 0.29) is 40.8 Å². The van der Waals surface area contributed by atoms with Gasteiger partial charge in [-0.2, -0.15) is 15.0 Å². The molecular formula is C22H22ClFN6O2. The van der Waals surface area contributed by atoms with Crippen LogP contribution in [0.15, 0.2) is 43.1 Å². The molecular weight excluding hydrogens is 435 g/mol. The minimum absolute atomic E-state index is 0.0116. The second-order valence-electron chi connectivity index (χ2n) is 9.29. The number of aromatic nitrogens is 5. The van der Waals surface area contributed by atoms with Gasteiger partial charge in [0.15, 0.2) is 0 Å². The first kappa shape index (κ1) is 19.9. The molecule has 0 spiro atoms. The molecule has 4 aliphatic carbocycles. The minimum atomic E-state index is -0.455. The minimum Gasteiger partial charge on any atom is -0.368 e. The smallest absolute Gasteiger partial charge is 0.246 e. The van der Waals surface area contributed by atoms with Crippen molar-refractivity contribution in [2.24, 2.45) is 0 Å². The topological polar surface area (TPSA) is 86.9 Å². The van der Waals surface area contributed by atoms with Crippen LogP contribution in [0.3, 0.4) is 0 Å². The van der Waals surface area contributed by atoms with Crippen LogP contribution >= 0.6 is 11.6 Å². The molecule has 0 aliphatic heterocycles. The van der Waals surface area contributed by atoms with Crippen LogP contribution in [-0.2, 0) is 15.1 Å². The standard InChI is InChI=1S/C22H22ClFN6O2/c23-17-2-1-14(5-18(17)24)19-8-29(13-25-19)22-10-21(11-22,12-22)28-20(31)9-32-16-6-15(7-16)30-26-3-4-27-30/h1-5,8,13,15-16H,6-7,9-12H2,(H,28,31)/t15-,16+,21?,22?. The van der Waals surface area contributed by atoms with Crippen molar-refractivity contribution in [2.75, 3.05) is 6.61 Å². The third kappa shape index (κ3) is 3.22. The summed E-state index contributed by atoms with van der Waals surface area (Å²) >= 11 is 5.77. The van der Waals surface area contributed by atoms with E-state index in [4.69, 9.17) is 16.3 Å². The summed E-state index contributed by atoms with van der Waals surface area (Å²) in [5, 5.41) is 11.5. The SMILES string of the molecule is O=C(CO[C@H]1C[C@@H](n2nccn2)C1)NC12CC(n3cnc(-c4ccc(Cl)c(F)c4)c3)(C1)C2. The predicted molar refractivity (Wildman–Crippen MR) is 113 cm³/mol. The molecule has 2 bridgehead atoms. The number of carbonyl (C=O) groups excluding carboxylic acids is 1. The number of nitrogens with zero attached hydrogens (tertiary/aromatic N) is 5. The molecule has 0 radical (unpaired) electrons. The van der Waals surface area contributed by atoms with Gasteiger partial charge in [-0.15, -0.1) is 0 Å². The fraction of sp³-hybridized carbons (Fsp3) is 0.455. The van der Waals surface area contributed by atoms with Crippen LogP contribution in [-0.4, -0.2) is 48.7 Å². The van der Waals surface area contributed by atoms with Crippen molar-refractivity contribution in [3.8, 4) is 11.3 Å². The van der Waals surface area contributed by atoms with Crippen molar-refractivity contribution >= 4 is 17.5 Å². The second-order valence-corrected chi connectivity index (χ2v) is 9.69. The van der Waals surface area contributed by atoms with E-state index < -0.39 is 5.82 Å². The normalized spacial score (nSPS) is 30.2. The van der Waals surface area contributed by atoms with Gasteiger partial charge in [-0.25, -0.2) is 9.37 Å². The molecule has 10 heteroatoms. The molecule has 1 N–H and O–H groups in total. The summed E-state index contributed by atoms with van der Waals surface area (Å²) in [4.78, 5) is 18.5. The Hall–Kier alpha value is -2.78. The first-order chi connectivity index (χ1) is 15.4. The number of benzene rings is 1. The number of ether oxygens (including phenoxy) is 1. The highest BCUT2D eigenvalue weighted by Gasteiger charge is 2.69. The van der Waals surface area contributed by atoms with Gasteiger partial charge in [0.1, 0.15) is 12.4 Å². The van der Waals surface area contributed by atoms with Crippen LogP contribution in [0.25, 0.3) is 11.3 Å². The Labute approximate surface area is 188 Å². The van der Waals surface area contributed by atoms with E-state index in [0.29, 0.717) is 11.3 Å². The number of halogens is 2. The predicted octanol–water partition coefficient (Wildman–Crippen LogP) is 3.10. The average Bonchev–Trinajstić information content (AvgIpc) is 3.37. The van der Waals surface area contributed by atoms with Gasteiger partial charge >= 0.3 is 0 Å². The van der Waals surface area contributed by atoms with E-state index in [9.17, 15) is 9.18 Å². The lowest BCUT2D eigenvalue weighted by Gasteiger charge is -2.70. The lowest BCUT2D eigenvalue weighted by molar-refractivity contribution is -0.161. The summed E-state index contributed by atoms with van der Waals surface area (Å²) < 4.78 is 21.6. The van der Waals surface area contributed by atoms with Crippen LogP contribution in [0.2, 0.25) is 5.02 Å². The Balaban J connectivity index is 0.985. The summed E-state index contributed by atoms with van der Waals surface area (Å²) in [6.07, 6.45) is 11.4. The Morgan fingerprint density at radius 1 is 1.25 bits per heavy atom. The summed E-state index contributed by atoms with van der Waals surface area (Å²) in [5.41, 5.74) is 1.25. The number of imidazole rings is 1. The van der Waals surface area contributed by atoms with E-state index in [1.54, 1.807) is 29.6 Å². The first-order valence-corrected chi connectivity index (χ1v) is 11.1. The van der Waals surface area contributed by atoms with Crippen molar-refractivity contribution in [3.63, 3.8) is 0 Å². The van der Waals surface area contributed by atoms with Crippen LogP contribution in [0.4, 0.5) is 4.39 Å². The quantitative estimate of drug-likeness (QED) is 0.590. The maximum Gasteiger partial charge on any atom is 0.246 e. The third-order valence-electron chi connectivity index (χ3n) is 7.04. The van der Waals surface area contributed by atoms with Crippen LogP contribution in [0.1, 0.15) is 38.1 Å². The summed E-state index contributed by atoms with van der Waals surface area (Å²) in [6, 6.07) is 4.96. The number of hydrogen-bond acceptors (Lipinski definition) is 5. The largest absolute Gasteiger partial charge is 0.368 e. The molecule has 8 nitrogen and oxygen atoms in total. The van der Waals surface area contributed by atoms with E-state index in [1.165, 1.54) is 12.1 Å². The Kier molecular flexibility index (Phi) is 4.42. The monoisotopic (exact) mass is 456 g/mol. The van der Waals surface area contributed by atoms with Gasteiger partial charge in [-0.1, -0.05) is 17.7 Å². The molecule has 166 valence electrons. The van der Waals surface area contributed by atoms with Crippen LogP contribution in [0.5, 0.6) is 0 Å². The molecule has 0 saturated heterocycles. The maximum atomic E-state index is 13.8. The molecule has 4 aliphatic rings. The van der Waals surface area contributed by atoms with E-state index in [2.05, 4.69) is 25.1 Å². The van der Waals surface area contributed by atoms with E-state index >= 15 is 0 Å². The number of hydrogen-bond donors (Lipinski definition) is 1. The molecule has 0 unspecified atom stereocenters. The second kappa shape index (κ2) is 7.11. The lowest BCUT2D eigenvalue weighted by Crippen LogP contribution is -2.78. The van der Waals surface area contributed by atoms with Gasteiger partial charge < -0.3 is 14.6 Å². The third-order valence-corrected chi connectivity index (χ3v) is 7.34. The van der Waals surface area contributed by atoms with Gasteiger partial charge in [0.2, 0.25) is 5.91 Å². The summed E-state index contributed by atoms with van der Waals surface area (Å²) in [5.74, 6) is -0.523. The Morgan fingerprint density at radius 3 is 2.72 bits per heavy atom. The van der Waals surface area contributed by atoms with E-state index in [0.717, 1.165) is 32.1 Å². The molecule has 1 amide bonds. The van der Waals surface area contributed by atoms with Gasteiger partial charge in [0, 0.05) is 17.3 Å². The molecule has 0 atom stereocenters.